The maximum absolute atomic E-state index is 11.5. The van der Waals surface area contributed by atoms with Crippen molar-refractivity contribution >= 4 is 35.6 Å². The first kappa shape index (κ1) is 15.4. The van der Waals surface area contributed by atoms with E-state index < -0.39 is 5.97 Å². The number of pyridine rings is 1. The number of carbonyl (C=O) groups is 1. The number of carboxylic acids is 1. The number of hydrogen-bond acceptors (Lipinski definition) is 2. The van der Waals surface area contributed by atoms with Crippen molar-refractivity contribution in [3.05, 3.63) is 58.9 Å². The minimum Gasteiger partial charge on any atom is -0.476 e. The lowest BCUT2D eigenvalue weighted by molar-refractivity contribution is 0.0692. The lowest BCUT2D eigenvalue weighted by Gasteiger charge is -2.08. The van der Waals surface area contributed by atoms with Gasteiger partial charge in [0, 0.05) is 16.3 Å². The van der Waals surface area contributed by atoms with Crippen LogP contribution in [0.2, 0.25) is 5.02 Å². The van der Waals surface area contributed by atoms with E-state index in [1.807, 2.05) is 35.6 Å². The highest BCUT2D eigenvalue weighted by Crippen LogP contribution is 2.31. The van der Waals surface area contributed by atoms with Gasteiger partial charge in [-0.1, -0.05) is 35.9 Å². The van der Waals surface area contributed by atoms with E-state index in [-0.39, 0.29) is 18.1 Å². The Morgan fingerprint density at radius 1 is 1.19 bits per heavy atom. The standard InChI is InChI=1S/C15H11ClN2O2.ClH/c1-9-5-4-8-12-17-13(15(19)20)14(18(9)12)10-6-2-3-7-11(10)16;/h2-8H,1H3,(H,19,20);1H. The van der Waals surface area contributed by atoms with E-state index in [9.17, 15) is 9.90 Å². The molecule has 0 saturated heterocycles. The van der Waals surface area contributed by atoms with Crippen molar-refractivity contribution in [1.82, 2.24) is 9.38 Å². The van der Waals surface area contributed by atoms with E-state index in [0.29, 0.717) is 21.9 Å². The van der Waals surface area contributed by atoms with Gasteiger partial charge in [0.2, 0.25) is 0 Å². The van der Waals surface area contributed by atoms with Crippen LogP contribution in [0.1, 0.15) is 16.2 Å². The summed E-state index contributed by atoms with van der Waals surface area (Å²) in [5.41, 5.74) is 2.67. The van der Waals surface area contributed by atoms with Crippen LogP contribution >= 0.6 is 24.0 Å². The van der Waals surface area contributed by atoms with Crippen molar-refractivity contribution < 1.29 is 9.90 Å². The predicted molar refractivity (Wildman–Crippen MR) is 84.6 cm³/mol. The molecule has 6 heteroatoms. The van der Waals surface area contributed by atoms with E-state index in [0.717, 1.165) is 5.69 Å². The Morgan fingerprint density at radius 2 is 1.90 bits per heavy atom. The molecule has 3 rings (SSSR count). The van der Waals surface area contributed by atoms with Gasteiger partial charge in [-0.3, -0.25) is 4.40 Å². The molecule has 21 heavy (non-hydrogen) atoms. The highest BCUT2D eigenvalue weighted by atomic mass is 35.5. The van der Waals surface area contributed by atoms with Crippen molar-refractivity contribution in [3.8, 4) is 11.3 Å². The fourth-order valence-corrected chi connectivity index (χ4v) is 2.53. The maximum atomic E-state index is 11.5. The van der Waals surface area contributed by atoms with E-state index in [1.54, 1.807) is 18.2 Å². The van der Waals surface area contributed by atoms with E-state index in [4.69, 9.17) is 11.6 Å². The first-order chi connectivity index (χ1) is 9.59. The number of imidazole rings is 1. The van der Waals surface area contributed by atoms with Crippen LogP contribution in [0.25, 0.3) is 16.9 Å². The summed E-state index contributed by atoms with van der Waals surface area (Å²) < 4.78 is 1.81. The van der Waals surface area contributed by atoms with Crippen LogP contribution in [0.15, 0.2) is 42.5 Å². The van der Waals surface area contributed by atoms with E-state index in [1.165, 1.54) is 0 Å². The third-order valence-corrected chi connectivity index (χ3v) is 3.50. The predicted octanol–water partition coefficient (Wildman–Crippen LogP) is 4.08. The summed E-state index contributed by atoms with van der Waals surface area (Å²) in [4.78, 5) is 15.7. The first-order valence-electron chi connectivity index (χ1n) is 6.06. The average molecular weight is 323 g/mol. The molecule has 2 aromatic heterocycles. The number of rotatable bonds is 2. The molecule has 0 aliphatic rings. The van der Waals surface area contributed by atoms with Gasteiger partial charge in [0.25, 0.3) is 0 Å². The molecule has 0 aliphatic heterocycles. The molecule has 0 spiro atoms. The van der Waals surface area contributed by atoms with Crippen molar-refractivity contribution in [2.45, 2.75) is 6.92 Å². The minimum atomic E-state index is -1.07. The van der Waals surface area contributed by atoms with Gasteiger partial charge in [-0.2, -0.15) is 0 Å². The summed E-state index contributed by atoms with van der Waals surface area (Å²) in [6.45, 7) is 1.90. The molecule has 0 bridgehead atoms. The summed E-state index contributed by atoms with van der Waals surface area (Å²) in [6.07, 6.45) is 0. The summed E-state index contributed by atoms with van der Waals surface area (Å²) in [7, 11) is 0. The third kappa shape index (κ3) is 2.48. The number of aryl methyl sites for hydroxylation is 1. The molecule has 0 atom stereocenters. The van der Waals surface area contributed by atoms with Gasteiger partial charge in [-0.25, -0.2) is 9.78 Å². The normalized spacial score (nSPS) is 10.4. The molecular formula is C15H12Cl2N2O2. The zero-order valence-corrected chi connectivity index (χ0v) is 12.6. The van der Waals surface area contributed by atoms with E-state index in [2.05, 4.69) is 4.98 Å². The summed E-state index contributed by atoms with van der Waals surface area (Å²) in [5.74, 6) is -1.07. The van der Waals surface area contributed by atoms with Gasteiger partial charge in [0.05, 0.1) is 5.69 Å². The van der Waals surface area contributed by atoms with Crippen LogP contribution in [-0.4, -0.2) is 20.5 Å². The molecule has 0 aliphatic carbocycles. The lowest BCUT2D eigenvalue weighted by Crippen LogP contribution is -2.01. The zero-order valence-electron chi connectivity index (χ0n) is 11.1. The third-order valence-electron chi connectivity index (χ3n) is 3.17. The van der Waals surface area contributed by atoms with Crippen LogP contribution < -0.4 is 0 Å². The lowest BCUT2D eigenvalue weighted by atomic mass is 10.1. The second-order valence-corrected chi connectivity index (χ2v) is 4.86. The van der Waals surface area contributed by atoms with Crippen LogP contribution in [0.4, 0.5) is 0 Å². The summed E-state index contributed by atoms with van der Waals surface area (Å²) >= 11 is 6.21. The van der Waals surface area contributed by atoms with Gasteiger partial charge < -0.3 is 5.11 Å². The summed E-state index contributed by atoms with van der Waals surface area (Å²) in [6, 6.07) is 12.7. The average Bonchev–Trinajstić information content (AvgIpc) is 2.80. The molecule has 108 valence electrons. The maximum Gasteiger partial charge on any atom is 0.356 e. The van der Waals surface area contributed by atoms with Gasteiger partial charge in [-0.15, -0.1) is 12.4 Å². The topological polar surface area (TPSA) is 54.6 Å². The zero-order chi connectivity index (χ0) is 14.3. The quantitative estimate of drug-likeness (QED) is 0.773. The first-order valence-corrected chi connectivity index (χ1v) is 6.43. The number of halogens is 2. The van der Waals surface area contributed by atoms with Crippen molar-refractivity contribution in [2.75, 3.05) is 0 Å². The van der Waals surface area contributed by atoms with Gasteiger partial charge in [-0.05, 0) is 25.1 Å². The van der Waals surface area contributed by atoms with Crippen LogP contribution in [0.5, 0.6) is 0 Å². The number of carboxylic acid groups (broad SMARTS) is 1. The highest BCUT2D eigenvalue weighted by molar-refractivity contribution is 6.33. The number of nitrogens with zero attached hydrogens (tertiary/aromatic N) is 2. The van der Waals surface area contributed by atoms with Gasteiger partial charge in [0.1, 0.15) is 5.65 Å². The Morgan fingerprint density at radius 3 is 2.57 bits per heavy atom. The smallest absolute Gasteiger partial charge is 0.356 e. The Kier molecular flexibility index (Phi) is 4.21. The fraction of sp³-hybridized carbons (Fsp3) is 0.0667. The Bertz CT molecular complexity index is 828. The number of benzene rings is 1. The molecule has 2 heterocycles. The van der Waals surface area contributed by atoms with Crippen LogP contribution in [-0.2, 0) is 0 Å². The van der Waals surface area contributed by atoms with Gasteiger partial charge in [0.15, 0.2) is 5.69 Å². The monoisotopic (exact) mass is 322 g/mol. The van der Waals surface area contributed by atoms with Crippen LogP contribution in [0, 0.1) is 6.92 Å². The van der Waals surface area contributed by atoms with Crippen molar-refractivity contribution in [1.29, 1.82) is 0 Å². The molecule has 1 aromatic carbocycles. The highest BCUT2D eigenvalue weighted by Gasteiger charge is 2.21. The Hall–Kier alpha value is -2.04. The fourth-order valence-electron chi connectivity index (χ4n) is 2.31. The SMILES string of the molecule is Cc1cccc2nc(C(=O)O)c(-c3ccccc3Cl)n12.Cl. The molecular weight excluding hydrogens is 311 g/mol. The molecule has 0 amide bonds. The molecule has 0 radical (unpaired) electrons. The second-order valence-electron chi connectivity index (χ2n) is 4.45. The molecule has 0 unspecified atom stereocenters. The van der Waals surface area contributed by atoms with Gasteiger partial charge >= 0.3 is 5.97 Å². The number of fused-ring (bicyclic) bond motifs is 1. The van der Waals surface area contributed by atoms with Crippen molar-refractivity contribution in [2.24, 2.45) is 0 Å². The summed E-state index contributed by atoms with van der Waals surface area (Å²) in [5, 5.41) is 9.89. The number of hydrogen-bond donors (Lipinski definition) is 1. The largest absolute Gasteiger partial charge is 0.476 e. The number of aromatic carboxylic acids is 1. The molecule has 4 nitrogen and oxygen atoms in total. The van der Waals surface area contributed by atoms with Crippen LogP contribution in [0.3, 0.4) is 0 Å². The van der Waals surface area contributed by atoms with Crippen molar-refractivity contribution in [3.63, 3.8) is 0 Å². The molecule has 0 fully saturated rings. The Labute approximate surface area is 132 Å². The second kappa shape index (κ2) is 5.76. The number of aromatic nitrogens is 2. The van der Waals surface area contributed by atoms with E-state index >= 15 is 0 Å². The minimum absolute atomic E-state index is 0. The Balaban J connectivity index is 0.00000161. The molecule has 3 aromatic rings. The molecule has 0 saturated carbocycles. The molecule has 1 N–H and O–H groups in total.